The summed E-state index contributed by atoms with van der Waals surface area (Å²) in [5.74, 6) is 3.19. The van der Waals surface area contributed by atoms with Gasteiger partial charge in [-0.2, -0.15) is 11.8 Å². The minimum Gasteiger partial charge on any atom is -0.494 e. The summed E-state index contributed by atoms with van der Waals surface area (Å²) in [4.78, 5) is 16.6. The number of nitrogens with one attached hydrogen (secondary N) is 1. The van der Waals surface area contributed by atoms with E-state index in [0.29, 0.717) is 18.1 Å². The number of nitrogens with zero attached hydrogens (tertiary/aromatic N) is 1. The zero-order valence-corrected chi connectivity index (χ0v) is 14.3. The van der Waals surface area contributed by atoms with Crippen molar-refractivity contribution in [2.24, 2.45) is 0 Å². The van der Waals surface area contributed by atoms with Gasteiger partial charge in [0, 0.05) is 29.3 Å². The minimum absolute atomic E-state index is 0.187. The fourth-order valence-electron chi connectivity index (χ4n) is 2.40. The third-order valence-corrected chi connectivity index (χ3v) is 4.73. The van der Waals surface area contributed by atoms with E-state index in [2.05, 4.69) is 10.3 Å². The van der Waals surface area contributed by atoms with Crippen LogP contribution in [0, 0.1) is 0 Å². The summed E-state index contributed by atoms with van der Waals surface area (Å²) in [5, 5.41) is 2.87. The number of thioether (sulfide) groups is 1. The Hall–Kier alpha value is -2.21. The first-order valence-corrected chi connectivity index (χ1v) is 9.14. The van der Waals surface area contributed by atoms with E-state index in [0.717, 1.165) is 29.4 Å². The topological polar surface area (TPSA) is 60.5 Å². The molecule has 1 atom stereocenters. The predicted molar refractivity (Wildman–Crippen MR) is 96.2 cm³/mol. The largest absolute Gasteiger partial charge is 0.494 e. The molecule has 1 aromatic carbocycles. The molecule has 0 aliphatic carbocycles. The van der Waals surface area contributed by atoms with E-state index in [1.165, 1.54) is 0 Å². The number of amides is 1. The number of hydrogen-bond acceptors (Lipinski definition) is 5. The number of carbonyl (C=O) groups is 1. The molecule has 1 saturated heterocycles. The number of anilines is 1. The van der Waals surface area contributed by atoms with E-state index < -0.39 is 0 Å². The molecular formula is C18H20N2O3S. The highest BCUT2D eigenvalue weighted by Gasteiger charge is 2.18. The molecule has 1 N–H and O–H groups in total. The van der Waals surface area contributed by atoms with Crippen LogP contribution < -0.4 is 14.8 Å². The number of ether oxygens (including phenoxy) is 2. The molecule has 0 bridgehead atoms. The van der Waals surface area contributed by atoms with Crippen molar-refractivity contribution in [3.63, 3.8) is 0 Å². The van der Waals surface area contributed by atoms with Crippen molar-refractivity contribution in [1.82, 2.24) is 4.98 Å². The summed E-state index contributed by atoms with van der Waals surface area (Å²) in [6, 6.07) is 10.7. The van der Waals surface area contributed by atoms with Gasteiger partial charge >= 0.3 is 0 Å². The highest BCUT2D eigenvalue weighted by atomic mass is 32.2. The summed E-state index contributed by atoms with van der Waals surface area (Å²) < 4.78 is 11.2. The standard InChI is InChI=1S/C18H20N2O3S/c1-2-22-15-5-3-14(4-6-15)20-18(21)13-7-9-19-17(11-13)23-16-8-10-24-12-16/h3-7,9,11,16H,2,8,10,12H2,1H3,(H,20,21). The second-order valence-corrected chi connectivity index (χ2v) is 6.55. The maximum Gasteiger partial charge on any atom is 0.255 e. The fourth-order valence-corrected chi connectivity index (χ4v) is 3.49. The maximum atomic E-state index is 12.4. The Bertz CT molecular complexity index is 685. The van der Waals surface area contributed by atoms with E-state index in [9.17, 15) is 4.79 Å². The predicted octanol–water partition coefficient (Wildman–Crippen LogP) is 3.62. The van der Waals surface area contributed by atoms with Gasteiger partial charge < -0.3 is 14.8 Å². The Morgan fingerprint density at radius 3 is 2.88 bits per heavy atom. The minimum atomic E-state index is -0.188. The molecule has 1 unspecified atom stereocenters. The fraction of sp³-hybridized carbons (Fsp3) is 0.333. The van der Waals surface area contributed by atoms with Gasteiger partial charge in [0.25, 0.3) is 5.91 Å². The smallest absolute Gasteiger partial charge is 0.255 e. The van der Waals surface area contributed by atoms with Crippen LogP contribution in [0.2, 0.25) is 0 Å². The zero-order chi connectivity index (χ0) is 16.8. The third kappa shape index (κ3) is 4.41. The number of benzene rings is 1. The van der Waals surface area contributed by atoms with Crippen LogP contribution in [0.15, 0.2) is 42.6 Å². The molecule has 6 heteroatoms. The van der Waals surface area contributed by atoms with Crippen molar-refractivity contribution in [2.75, 3.05) is 23.4 Å². The second kappa shape index (κ2) is 8.06. The molecule has 1 aliphatic heterocycles. The molecule has 24 heavy (non-hydrogen) atoms. The van der Waals surface area contributed by atoms with Crippen LogP contribution in [-0.2, 0) is 0 Å². The lowest BCUT2D eigenvalue weighted by Gasteiger charge is -2.12. The molecule has 2 aromatic rings. The Balaban J connectivity index is 1.63. The van der Waals surface area contributed by atoms with Crippen molar-refractivity contribution >= 4 is 23.4 Å². The van der Waals surface area contributed by atoms with Gasteiger partial charge in [0.15, 0.2) is 0 Å². The first-order valence-electron chi connectivity index (χ1n) is 7.99. The van der Waals surface area contributed by atoms with Gasteiger partial charge in [-0.05, 0) is 49.4 Å². The van der Waals surface area contributed by atoms with Crippen LogP contribution in [0.1, 0.15) is 23.7 Å². The summed E-state index contributed by atoms with van der Waals surface area (Å²) in [5.41, 5.74) is 1.24. The Labute approximate surface area is 145 Å². The lowest BCUT2D eigenvalue weighted by molar-refractivity contribution is 0.102. The van der Waals surface area contributed by atoms with Crippen molar-refractivity contribution in [3.05, 3.63) is 48.2 Å². The summed E-state index contributed by atoms with van der Waals surface area (Å²) in [7, 11) is 0. The molecule has 0 saturated carbocycles. The van der Waals surface area contributed by atoms with Gasteiger partial charge in [-0.25, -0.2) is 4.98 Å². The average molecular weight is 344 g/mol. The number of aromatic nitrogens is 1. The molecule has 1 aliphatic rings. The van der Waals surface area contributed by atoms with Crippen LogP contribution in [0.3, 0.4) is 0 Å². The van der Waals surface area contributed by atoms with E-state index in [1.54, 1.807) is 18.3 Å². The first-order chi connectivity index (χ1) is 11.7. The quantitative estimate of drug-likeness (QED) is 0.867. The van der Waals surface area contributed by atoms with Crippen molar-refractivity contribution in [2.45, 2.75) is 19.4 Å². The third-order valence-electron chi connectivity index (χ3n) is 3.60. The van der Waals surface area contributed by atoms with Gasteiger partial charge in [-0.15, -0.1) is 0 Å². The van der Waals surface area contributed by atoms with Crippen LogP contribution in [0.5, 0.6) is 11.6 Å². The molecule has 5 nitrogen and oxygen atoms in total. The zero-order valence-electron chi connectivity index (χ0n) is 13.5. The van der Waals surface area contributed by atoms with Gasteiger partial charge in [0.05, 0.1) is 6.61 Å². The summed E-state index contributed by atoms with van der Waals surface area (Å²) in [6.45, 7) is 2.55. The molecule has 1 aromatic heterocycles. The number of carbonyl (C=O) groups excluding carboxylic acids is 1. The lowest BCUT2D eigenvalue weighted by atomic mass is 10.2. The van der Waals surface area contributed by atoms with E-state index in [4.69, 9.17) is 9.47 Å². The van der Waals surface area contributed by atoms with Crippen LogP contribution >= 0.6 is 11.8 Å². The monoisotopic (exact) mass is 344 g/mol. The number of rotatable bonds is 6. The van der Waals surface area contributed by atoms with Crippen LogP contribution in [0.25, 0.3) is 0 Å². The van der Waals surface area contributed by atoms with E-state index in [1.807, 2.05) is 43.0 Å². The van der Waals surface area contributed by atoms with E-state index >= 15 is 0 Å². The molecule has 0 radical (unpaired) electrons. The highest BCUT2D eigenvalue weighted by molar-refractivity contribution is 7.99. The molecule has 1 fully saturated rings. The van der Waals surface area contributed by atoms with Gasteiger partial charge in [0.1, 0.15) is 11.9 Å². The molecule has 2 heterocycles. The van der Waals surface area contributed by atoms with Crippen molar-refractivity contribution in [3.8, 4) is 11.6 Å². The van der Waals surface area contributed by atoms with Gasteiger partial charge in [-0.3, -0.25) is 4.79 Å². The second-order valence-electron chi connectivity index (χ2n) is 5.40. The maximum absolute atomic E-state index is 12.4. The molecule has 0 spiro atoms. The van der Waals surface area contributed by atoms with Gasteiger partial charge in [-0.1, -0.05) is 0 Å². The Kier molecular flexibility index (Phi) is 5.59. The molecular weight excluding hydrogens is 324 g/mol. The van der Waals surface area contributed by atoms with Crippen molar-refractivity contribution in [1.29, 1.82) is 0 Å². The molecule has 126 valence electrons. The van der Waals surface area contributed by atoms with Crippen LogP contribution in [-0.4, -0.2) is 35.1 Å². The SMILES string of the molecule is CCOc1ccc(NC(=O)c2ccnc(OC3CCSC3)c2)cc1. The summed E-state index contributed by atoms with van der Waals surface area (Å²) in [6.07, 6.45) is 2.81. The summed E-state index contributed by atoms with van der Waals surface area (Å²) >= 11 is 1.88. The normalized spacial score (nSPS) is 16.6. The molecule has 3 rings (SSSR count). The van der Waals surface area contributed by atoms with Crippen LogP contribution in [0.4, 0.5) is 5.69 Å². The number of hydrogen-bond donors (Lipinski definition) is 1. The Morgan fingerprint density at radius 1 is 1.33 bits per heavy atom. The highest BCUT2D eigenvalue weighted by Crippen LogP contribution is 2.23. The van der Waals surface area contributed by atoms with Gasteiger partial charge in [0.2, 0.25) is 5.88 Å². The van der Waals surface area contributed by atoms with E-state index in [-0.39, 0.29) is 12.0 Å². The average Bonchev–Trinajstić information content (AvgIpc) is 3.10. The van der Waals surface area contributed by atoms with Crippen molar-refractivity contribution < 1.29 is 14.3 Å². The number of pyridine rings is 1. The Morgan fingerprint density at radius 2 is 2.17 bits per heavy atom. The first kappa shape index (κ1) is 16.6. The molecule has 1 amide bonds. The lowest BCUT2D eigenvalue weighted by Crippen LogP contribution is -2.17.